The number of quaternary nitrogens is 1. The molecule has 4 unspecified atom stereocenters. The Balaban J connectivity index is 0.00000225. The molecule has 3 aliphatic heterocycles. The minimum Gasteiger partial charge on any atom is -0.870 e. The molecule has 28 heavy (non-hydrogen) atoms. The SMILES string of the molecule is COc1c2c(cc3c1C(CC(O)C1CCOC(C)(C)C1)[NH+](C)CC3)OCO2.[OH-]. The Morgan fingerprint density at radius 2 is 2.14 bits per heavy atom. The Kier molecular flexibility index (Phi) is 6.10. The minimum atomic E-state index is -0.353. The van der Waals surface area contributed by atoms with Gasteiger partial charge < -0.3 is 34.4 Å². The molecule has 1 aromatic rings. The van der Waals surface area contributed by atoms with E-state index in [1.165, 1.54) is 16.0 Å². The summed E-state index contributed by atoms with van der Waals surface area (Å²) in [6.07, 6.45) is 3.15. The summed E-state index contributed by atoms with van der Waals surface area (Å²) >= 11 is 0. The van der Waals surface area contributed by atoms with Crippen molar-refractivity contribution in [2.75, 3.05) is 34.1 Å². The largest absolute Gasteiger partial charge is 0.870 e. The Morgan fingerprint density at radius 1 is 1.36 bits per heavy atom. The van der Waals surface area contributed by atoms with Gasteiger partial charge in [0, 0.05) is 19.4 Å². The minimum absolute atomic E-state index is 0. The summed E-state index contributed by atoms with van der Waals surface area (Å²) in [5, 5.41) is 11.1. The number of hydrogen-bond acceptors (Lipinski definition) is 6. The third-order valence-corrected chi connectivity index (χ3v) is 6.44. The van der Waals surface area contributed by atoms with Gasteiger partial charge in [0.1, 0.15) is 6.04 Å². The second-order valence-corrected chi connectivity index (χ2v) is 8.78. The van der Waals surface area contributed by atoms with E-state index in [9.17, 15) is 5.11 Å². The van der Waals surface area contributed by atoms with Crippen molar-refractivity contribution in [1.29, 1.82) is 0 Å². The lowest BCUT2D eigenvalue weighted by atomic mass is 9.80. The van der Waals surface area contributed by atoms with Gasteiger partial charge >= 0.3 is 0 Å². The van der Waals surface area contributed by atoms with Crippen LogP contribution >= 0.6 is 0 Å². The van der Waals surface area contributed by atoms with Crippen LogP contribution in [0.25, 0.3) is 0 Å². The molecule has 0 bridgehead atoms. The Hall–Kier alpha value is -1.54. The molecule has 3 aliphatic rings. The van der Waals surface area contributed by atoms with E-state index in [2.05, 4.69) is 27.0 Å². The molecule has 0 radical (unpaired) electrons. The molecule has 0 aliphatic carbocycles. The smallest absolute Gasteiger partial charge is 0.231 e. The van der Waals surface area contributed by atoms with E-state index in [1.807, 2.05) is 0 Å². The number of fused-ring (bicyclic) bond motifs is 2. The molecular weight excluding hydrogens is 362 g/mol. The van der Waals surface area contributed by atoms with Crippen molar-refractivity contribution in [3.05, 3.63) is 17.2 Å². The van der Waals surface area contributed by atoms with Crippen LogP contribution in [-0.4, -0.2) is 56.4 Å². The van der Waals surface area contributed by atoms with Gasteiger partial charge in [-0.05, 0) is 44.2 Å². The highest BCUT2D eigenvalue weighted by Gasteiger charge is 2.40. The lowest BCUT2D eigenvalue weighted by Crippen LogP contribution is -3.10. The van der Waals surface area contributed by atoms with E-state index in [0.29, 0.717) is 5.75 Å². The quantitative estimate of drug-likeness (QED) is 0.799. The summed E-state index contributed by atoms with van der Waals surface area (Å²) in [6.45, 7) is 6.22. The van der Waals surface area contributed by atoms with E-state index in [0.717, 1.165) is 50.3 Å². The monoisotopic (exact) mass is 395 g/mol. The number of benzene rings is 1. The first-order valence-electron chi connectivity index (χ1n) is 10.0. The second kappa shape index (κ2) is 8.06. The number of methoxy groups -OCH3 is 1. The van der Waals surface area contributed by atoms with E-state index >= 15 is 0 Å². The standard InChI is InChI=1S/C21H31NO5.H2O/c1-21(2)11-14(6-8-27-21)16(23)10-15-18-13(5-7-22(15)3)9-17-19(20(18)24-4)26-12-25-17;/h9,14-16,23H,5-8,10-12H2,1-4H3;1H2. The number of ether oxygens (including phenoxy) is 4. The van der Waals surface area contributed by atoms with Crippen molar-refractivity contribution in [2.24, 2.45) is 5.92 Å². The van der Waals surface area contributed by atoms with Crippen LogP contribution in [0, 0.1) is 5.92 Å². The first kappa shape index (κ1) is 21.2. The van der Waals surface area contributed by atoms with Crippen molar-refractivity contribution < 1.29 is 34.4 Å². The zero-order chi connectivity index (χ0) is 19.2. The van der Waals surface area contributed by atoms with Crippen LogP contribution in [0.2, 0.25) is 0 Å². The van der Waals surface area contributed by atoms with Gasteiger partial charge in [-0.15, -0.1) is 0 Å². The van der Waals surface area contributed by atoms with Gasteiger partial charge in [0.2, 0.25) is 12.5 Å². The summed E-state index contributed by atoms with van der Waals surface area (Å²) in [4.78, 5) is 1.41. The lowest BCUT2D eigenvalue weighted by molar-refractivity contribution is -0.915. The highest BCUT2D eigenvalue weighted by atomic mass is 16.7. The molecule has 0 saturated carbocycles. The fourth-order valence-electron chi connectivity index (χ4n) is 4.98. The molecule has 3 heterocycles. The number of nitrogens with one attached hydrogen (secondary N) is 1. The molecule has 7 heteroatoms. The fourth-order valence-corrected chi connectivity index (χ4v) is 4.98. The summed E-state index contributed by atoms with van der Waals surface area (Å²) in [5.74, 6) is 2.53. The number of aliphatic hydroxyl groups is 1. The number of hydrogen-bond donors (Lipinski definition) is 2. The molecule has 0 spiro atoms. The molecule has 7 nitrogen and oxygen atoms in total. The van der Waals surface area contributed by atoms with Crippen molar-refractivity contribution in [3.8, 4) is 17.2 Å². The third kappa shape index (κ3) is 3.81. The van der Waals surface area contributed by atoms with Crippen LogP contribution in [0.5, 0.6) is 17.2 Å². The maximum atomic E-state index is 11.1. The van der Waals surface area contributed by atoms with Crippen molar-refractivity contribution in [3.63, 3.8) is 0 Å². The van der Waals surface area contributed by atoms with Crippen LogP contribution in [0.15, 0.2) is 6.07 Å². The Morgan fingerprint density at radius 3 is 2.86 bits per heavy atom. The normalized spacial score (nSPS) is 28.8. The highest BCUT2D eigenvalue weighted by Crippen LogP contribution is 2.48. The van der Waals surface area contributed by atoms with Gasteiger partial charge in [-0.3, -0.25) is 0 Å². The molecule has 0 aromatic heterocycles. The van der Waals surface area contributed by atoms with Gasteiger partial charge in [-0.2, -0.15) is 0 Å². The zero-order valence-corrected chi connectivity index (χ0v) is 17.3. The predicted molar refractivity (Wildman–Crippen MR) is 103 cm³/mol. The maximum Gasteiger partial charge on any atom is 0.231 e. The number of aliphatic hydroxyl groups excluding tert-OH is 1. The van der Waals surface area contributed by atoms with E-state index in [-0.39, 0.29) is 35.9 Å². The topological polar surface area (TPSA) is 91.6 Å². The molecule has 1 saturated heterocycles. The summed E-state index contributed by atoms with van der Waals surface area (Å²) in [7, 11) is 3.90. The average Bonchev–Trinajstić information content (AvgIpc) is 3.09. The molecular formula is C21H33NO6. The van der Waals surface area contributed by atoms with Gasteiger partial charge in [-0.1, -0.05) is 0 Å². The van der Waals surface area contributed by atoms with Crippen LogP contribution in [0.4, 0.5) is 0 Å². The summed E-state index contributed by atoms with van der Waals surface area (Å²) in [6, 6.07) is 2.28. The molecule has 158 valence electrons. The predicted octanol–water partition coefficient (Wildman–Crippen LogP) is 1.32. The van der Waals surface area contributed by atoms with Crippen LogP contribution in [-0.2, 0) is 11.2 Å². The van der Waals surface area contributed by atoms with E-state index in [1.54, 1.807) is 7.11 Å². The first-order chi connectivity index (χ1) is 12.9. The summed E-state index contributed by atoms with van der Waals surface area (Å²) in [5.41, 5.74) is 2.28. The molecule has 1 fully saturated rings. The van der Waals surface area contributed by atoms with Crippen LogP contribution in [0.3, 0.4) is 0 Å². The molecule has 4 rings (SSSR count). The Labute approximate surface area is 166 Å². The molecule has 0 amide bonds. The van der Waals surface area contributed by atoms with E-state index < -0.39 is 0 Å². The van der Waals surface area contributed by atoms with Crippen molar-refractivity contribution >= 4 is 0 Å². The number of rotatable bonds is 4. The molecule has 4 atom stereocenters. The Bertz CT molecular complexity index is 707. The maximum absolute atomic E-state index is 11.1. The van der Waals surface area contributed by atoms with Gasteiger partial charge in [0.25, 0.3) is 0 Å². The lowest BCUT2D eigenvalue weighted by Gasteiger charge is -2.40. The van der Waals surface area contributed by atoms with Crippen molar-refractivity contribution in [1.82, 2.24) is 0 Å². The number of likely N-dealkylation sites (N-methyl/N-ethyl adjacent to an activating group) is 1. The molecule has 3 N–H and O–H groups in total. The van der Waals surface area contributed by atoms with Gasteiger partial charge in [0.05, 0.1) is 38.0 Å². The van der Waals surface area contributed by atoms with Gasteiger partial charge in [-0.25, -0.2) is 0 Å². The van der Waals surface area contributed by atoms with Crippen LogP contribution < -0.4 is 19.1 Å². The highest BCUT2D eigenvalue weighted by molar-refractivity contribution is 5.61. The zero-order valence-electron chi connectivity index (χ0n) is 17.3. The molecule has 1 aromatic carbocycles. The van der Waals surface area contributed by atoms with Gasteiger partial charge in [0.15, 0.2) is 11.5 Å². The fraction of sp³-hybridized carbons (Fsp3) is 0.714. The first-order valence-corrected chi connectivity index (χ1v) is 10.0. The second-order valence-electron chi connectivity index (χ2n) is 8.78. The van der Waals surface area contributed by atoms with E-state index in [4.69, 9.17) is 18.9 Å². The average molecular weight is 395 g/mol. The third-order valence-electron chi connectivity index (χ3n) is 6.44. The van der Waals surface area contributed by atoms with Crippen LogP contribution in [0.1, 0.15) is 50.3 Å². The summed E-state index contributed by atoms with van der Waals surface area (Å²) < 4.78 is 22.9. The van der Waals surface area contributed by atoms with Crippen molar-refractivity contribution in [2.45, 2.75) is 57.3 Å².